The third kappa shape index (κ3) is 4.99. The highest BCUT2D eigenvalue weighted by molar-refractivity contribution is 6.08. The lowest BCUT2D eigenvalue weighted by Crippen LogP contribution is -2.22. The number of carbonyl (C=O) groups is 2. The van der Waals surface area contributed by atoms with E-state index in [0.717, 1.165) is 16.8 Å². The van der Waals surface area contributed by atoms with Crippen LogP contribution in [-0.4, -0.2) is 48.8 Å². The Morgan fingerprint density at radius 1 is 1.06 bits per heavy atom. The van der Waals surface area contributed by atoms with Gasteiger partial charge in [0.2, 0.25) is 0 Å². The zero-order chi connectivity index (χ0) is 24.9. The second-order valence-corrected chi connectivity index (χ2v) is 7.41. The second-order valence-electron chi connectivity index (χ2n) is 7.41. The highest BCUT2D eigenvalue weighted by atomic mass is 16.6. The summed E-state index contributed by atoms with van der Waals surface area (Å²) in [6, 6.07) is 14.4. The van der Waals surface area contributed by atoms with Gasteiger partial charge in [-0.25, -0.2) is 4.79 Å². The zero-order valence-electron chi connectivity index (χ0n) is 18.6. The topological polar surface area (TPSA) is 153 Å². The first kappa shape index (κ1) is 23.5. The number of anilines is 2. The number of nitrogens with one attached hydrogen (secondary N) is 2. The summed E-state index contributed by atoms with van der Waals surface area (Å²) in [4.78, 5) is 35.6. The number of para-hydroxylation sites is 1. The molecule has 0 unspecified atom stereocenters. The predicted octanol–water partition coefficient (Wildman–Crippen LogP) is 3.70. The van der Waals surface area contributed by atoms with Crippen molar-refractivity contribution in [3.05, 3.63) is 70.3 Å². The molecule has 0 bridgehead atoms. The first-order valence-corrected chi connectivity index (χ1v) is 10.5. The zero-order valence-corrected chi connectivity index (χ0v) is 18.6. The van der Waals surface area contributed by atoms with Crippen molar-refractivity contribution in [2.24, 2.45) is 0 Å². The van der Waals surface area contributed by atoms with Crippen molar-refractivity contribution in [3.63, 3.8) is 0 Å². The number of hydrogen-bond acceptors (Lipinski definition) is 9. The summed E-state index contributed by atoms with van der Waals surface area (Å²) < 4.78 is 16.3. The van der Waals surface area contributed by atoms with E-state index in [-0.39, 0.29) is 30.1 Å². The predicted molar refractivity (Wildman–Crippen MR) is 128 cm³/mol. The number of aliphatic hydroxyl groups is 1. The molecular weight excluding hydrogens is 458 g/mol. The molecular formula is C24H21N3O8. The van der Waals surface area contributed by atoms with Crippen molar-refractivity contribution in [3.8, 4) is 5.75 Å². The van der Waals surface area contributed by atoms with Gasteiger partial charge in [0.1, 0.15) is 16.9 Å². The van der Waals surface area contributed by atoms with E-state index in [9.17, 15) is 19.7 Å². The molecule has 180 valence electrons. The molecule has 0 fully saturated rings. The molecule has 4 rings (SSSR count). The van der Waals surface area contributed by atoms with Crippen LogP contribution in [0.2, 0.25) is 0 Å². The number of non-ortho nitro benzene ring substituents is 1. The van der Waals surface area contributed by atoms with Gasteiger partial charge in [-0.1, -0.05) is 18.2 Å². The summed E-state index contributed by atoms with van der Waals surface area (Å²) in [5.74, 6) is -1.20. The Morgan fingerprint density at radius 3 is 2.60 bits per heavy atom. The van der Waals surface area contributed by atoms with Gasteiger partial charge in [0.05, 0.1) is 29.9 Å². The highest BCUT2D eigenvalue weighted by Gasteiger charge is 2.20. The molecule has 0 aliphatic heterocycles. The first-order valence-electron chi connectivity index (χ1n) is 10.5. The van der Waals surface area contributed by atoms with Crippen LogP contribution in [0.3, 0.4) is 0 Å². The molecule has 1 aromatic heterocycles. The van der Waals surface area contributed by atoms with Gasteiger partial charge in [0.15, 0.2) is 6.61 Å². The lowest BCUT2D eigenvalue weighted by atomic mass is 10.1. The molecule has 0 spiro atoms. The molecule has 3 aromatic carbocycles. The van der Waals surface area contributed by atoms with Crippen molar-refractivity contribution >= 4 is 50.9 Å². The number of benzene rings is 3. The summed E-state index contributed by atoms with van der Waals surface area (Å²) in [6.07, 6.45) is 0. The van der Waals surface area contributed by atoms with Gasteiger partial charge in [-0.05, 0) is 18.2 Å². The van der Waals surface area contributed by atoms with Crippen LogP contribution in [0.4, 0.5) is 17.1 Å². The number of nitrogens with zero attached hydrogens (tertiary/aromatic N) is 1. The van der Waals surface area contributed by atoms with Gasteiger partial charge in [0.25, 0.3) is 11.6 Å². The number of carbonyl (C=O) groups excluding carboxylic acids is 2. The van der Waals surface area contributed by atoms with Gasteiger partial charge in [-0.2, -0.15) is 0 Å². The molecule has 1 amide bonds. The highest BCUT2D eigenvalue weighted by Crippen LogP contribution is 2.36. The van der Waals surface area contributed by atoms with E-state index in [0.29, 0.717) is 22.6 Å². The summed E-state index contributed by atoms with van der Waals surface area (Å²) in [6.45, 7) is -0.754. The average molecular weight is 479 g/mol. The smallest absolute Gasteiger partial charge is 0.341 e. The van der Waals surface area contributed by atoms with Crippen LogP contribution < -0.4 is 15.4 Å². The van der Waals surface area contributed by atoms with Gasteiger partial charge in [-0.3, -0.25) is 14.9 Å². The Labute approximate surface area is 198 Å². The van der Waals surface area contributed by atoms with Crippen molar-refractivity contribution in [1.29, 1.82) is 0 Å². The molecule has 0 saturated carbocycles. The van der Waals surface area contributed by atoms with Gasteiger partial charge >= 0.3 is 5.97 Å². The monoisotopic (exact) mass is 479 g/mol. The fraction of sp³-hybridized carbons (Fsp3) is 0.167. The van der Waals surface area contributed by atoms with E-state index in [4.69, 9.17) is 19.0 Å². The number of methoxy groups -OCH3 is 1. The molecule has 3 N–H and O–H groups in total. The molecule has 35 heavy (non-hydrogen) atoms. The SMILES string of the molecule is COc1cc2c(cc1NC(=O)COC(=O)c1cc([N+](=O)[O-])ccc1NCCO)oc1ccccc12. The van der Waals surface area contributed by atoms with Crippen LogP contribution in [-0.2, 0) is 9.53 Å². The number of fused-ring (bicyclic) bond motifs is 3. The van der Waals surface area contributed by atoms with Crippen LogP contribution in [0.1, 0.15) is 10.4 Å². The third-order valence-corrected chi connectivity index (χ3v) is 5.17. The van der Waals surface area contributed by atoms with E-state index in [2.05, 4.69) is 10.6 Å². The second kappa shape index (κ2) is 10.1. The summed E-state index contributed by atoms with van der Waals surface area (Å²) in [5, 5.41) is 27.2. The lowest BCUT2D eigenvalue weighted by molar-refractivity contribution is -0.384. The van der Waals surface area contributed by atoms with Crippen LogP contribution in [0.25, 0.3) is 21.9 Å². The molecule has 11 nitrogen and oxygen atoms in total. The van der Waals surface area contributed by atoms with Crippen molar-refractivity contribution < 1.29 is 33.5 Å². The van der Waals surface area contributed by atoms with Gasteiger partial charge in [0, 0.05) is 41.2 Å². The molecule has 0 radical (unpaired) electrons. The number of hydrogen-bond donors (Lipinski definition) is 3. The van der Waals surface area contributed by atoms with Crippen LogP contribution in [0.15, 0.2) is 59.0 Å². The molecule has 0 atom stereocenters. The Morgan fingerprint density at radius 2 is 1.86 bits per heavy atom. The number of aliphatic hydroxyl groups excluding tert-OH is 1. The fourth-order valence-electron chi connectivity index (χ4n) is 3.57. The minimum atomic E-state index is -0.941. The number of rotatable bonds is 9. The lowest BCUT2D eigenvalue weighted by Gasteiger charge is -2.12. The standard InChI is InChI=1S/C24H21N3O8/c1-33-22-11-16-15-4-2-3-5-20(15)35-21(16)12-19(22)26-23(29)13-34-24(30)17-10-14(27(31)32)6-7-18(17)25-8-9-28/h2-7,10-12,25,28H,8-9,13H2,1H3,(H,26,29). The van der Waals surface area contributed by atoms with Crippen molar-refractivity contribution in [2.75, 3.05) is 37.5 Å². The number of ether oxygens (including phenoxy) is 2. The minimum absolute atomic E-state index is 0.114. The number of amides is 1. The number of nitro benzene ring substituents is 1. The molecule has 0 aliphatic carbocycles. The third-order valence-electron chi connectivity index (χ3n) is 5.17. The quantitative estimate of drug-likeness (QED) is 0.185. The minimum Gasteiger partial charge on any atom is -0.495 e. The van der Waals surface area contributed by atoms with E-state index in [1.54, 1.807) is 12.1 Å². The number of furan rings is 1. The maximum atomic E-state index is 12.6. The van der Waals surface area contributed by atoms with Crippen molar-refractivity contribution in [2.45, 2.75) is 0 Å². The maximum Gasteiger partial charge on any atom is 0.341 e. The average Bonchev–Trinajstić information content (AvgIpc) is 3.22. The summed E-state index contributed by atoms with van der Waals surface area (Å²) in [7, 11) is 1.46. The fourth-order valence-corrected chi connectivity index (χ4v) is 3.57. The van der Waals surface area contributed by atoms with Crippen LogP contribution in [0, 0.1) is 10.1 Å². The number of nitro groups is 1. The number of esters is 1. The molecule has 0 saturated heterocycles. The molecule has 0 aliphatic rings. The summed E-state index contributed by atoms with van der Waals surface area (Å²) in [5.41, 5.74) is 1.31. The largest absolute Gasteiger partial charge is 0.495 e. The van der Waals surface area contributed by atoms with Gasteiger partial charge < -0.3 is 29.6 Å². The molecule has 11 heteroatoms. The van der Waals surface area contributed by atoms with E-state index in [1.807, 2.05) is 24.3 Å². The first-order chi connectivity index (χ1) is 16.9. The normalized spacial score (nSPS) is 10.8. The van der Waals surface area contributed by atoms with Crippen LogP contribution in [0.5, 0.6) is 5.75 Å². The molecule has 1 heterocycles. The van der Waals surface area contributed by atoms with E-state index < -0.39 is 23.4 Å². The van der Waals surface area contributed by atoms with E-state index >= 15 is 0 Å². The molecule has 4 aromatic rings. The van der Waals surface area contributed by atoms with Crippen LogP contribution >= 0.6 is 0 Å². The Kier molecular flexibility index (Phi) is 6.78. The summed E-state index contributed by atoms with van der Waals surface area (Å²) >= 11 is 0. The Balaban J connectivity index is 1.50. The van der Waals surface area contributed by atoms with Gasteiger partial charge in [-0.15, -0.1) is 0 Å². The van der Waals surface area contributed by atoms with E-state index in [1.165, 1.54) is 19.2 Å². The maximum absolute atomic E-state index is 12.6. The Bertz CT molecular complexity index is 1430. The van der Waals surface area contributed by atoms with Crippen molar-refractivity contribution in [1.82, 2.24) is 0 Å². The Hall–Kier alpha value is -4.64.